The van der Waals surface area contributed by atoms with Crippen molar-refractivity contribution in [1.29, 1.82) is 5.26 Å². The van der Waals surface area contributed by atoms with Crippen LogP contribution in [-0.2, 0) is 16.5 Å². The minimum absolute atomic E-state index is 0.0268. The van der Waals surface area contributed by atoms with Gasteiger partial charge in [-0.1, -0.05) is 0 Å². The van der Waals surface area contributed by atoms with Crippen molar-refractivity contribution in [2.45, 2.75) is 44.1 Å². The zero-order chi connectivity index (χ0) is 20.7. The van der Waals surface area contributed by atoms with Gasteiger partial charge in [-0.05, 0) is 26.8 Å². The molecule has 29 heavy (non-hydrogen) atoms. The average Bonchev–Trinajstić information content (AvgIpc) is 3.41. The minimum Gasteiger partial charge on any atom is -0.471 e. The maximum Gasteiger partial charge on any atom is 0.330 e. The van der Waals surface area contributed by atoms with Crippen LogP contribution >= 0.6 is 0 Å². The molecule has 10 nitrogen and oxygen atoms in total. The van der Waals surface area contributed by atoms with Gasteiger partial charge in [0.2, 0.25) is 11.7 Å². The third kappa shape index (κ3) is 3.29. The highest BCUT2D eigenvalue weighted by Gasteiger charge is 2.38. The highest BCUT2D eigenvalue weighted by molar-refractivity contribution is 5.78. The molecule has 4 heterocycles. The number of hydrogen-bond acceptors (Lipinski definition) is 8. The molecule has 0 spiro atoms. The van der Waals surface area contributed by atoms with Crippen LogP contribution in [0.25, 0.3) is 11.2 Å². The van der Waals surface area contributed by atoms with Gasteiger partial charge < -0.3 is 14.2 Å². The first kappa shape index (κ1) is 19.8. The van der Waals surface area contributed by atoms with E-state index in [2.05, 4.69) is 14.9 Å². The summed E-state index contributed by atoms with van der Waals surface area (Å²) in [4.78, 5) is 23.8. The van der Waals surface area contributed by atoms with Gasteiger partial charge in [0.15, 0.2) is 11.2 Å². The smallest absolute Gasteiger partial charge is 0.330 e. The second kappa shape index (κ2) is 7.74. The molecule has 2 aromatic rings. The van der Waals surface area contributed by atoms with Crippen molar-refractivity contribution in [3.8, 4) is 11.9 Å². The number of imidazole rings is 1. The van der Waals surface area contributed by atoms with Gasteiger partial charge in [0.1, 0.15) is 12.2 Å². The summed E-state index contributed by atoms with van der Waals surface area (Å²) >= 11 is 0. The number of nitrogens with zero attached hydrogens (tertiary/aromatic N) is 6. The van der Waals surface area contributed by atoms with E-state index in [9.17, 15) is 10.1 Å². The molecule has 2 aliphatic rings. The molecule has 0 N–H and O–H groups in total. The van der Waals surface area contributed by atoms with Crippen molar-refractivity contribution < 1.29 is 14.2 Å². The fourth-order valence-electron chi connectivity index (χ4n) is 4.52. The number of likely N-dealkylation sites (tertiary alicyclic amines) is 1. The van der Waals surface area contributed by atoms with Gasteiger partial charge in [-0.15, -0.1) is 0 Å². The van der Waals surface area contributed by atoms with Crippen molar-refractivity contribution in [3.63, 3.8) is 0 Å². The van der Waals surface area contributed by atoms with Gasteiger partial charge in [-0.3, -0.25) is 14.0 Å². The first-order chi connectivity index (χ1) is 14.0. The molecule has 10 heteroatoms. The van der Waals surface area contributed by atoms with Crippen LogP contribution in [0.5, 0.6) is 5.88 Å². The number of likely N-dealkylation sites (N-methyl/N-ethyl adjacent to an activating group) is 1. The monoisotopic (exact) mass is 402 g/mol. The Bertz CT molecular complexity index is 1000. The predicted molar refractivity (Wildman–Crippen MR) is 104 cm³/mol. The molecule has 2 aliphatic heterocycles. The number of aryl methyl sites for hydroxylation is 1. The summed E-state index contributed by atoms with van der Waals surface area (Å²) in [6.07, 6.45) is 1.43. The second-order valence-corrected chi connectivity index (χ2v) is 7.72. The second-order valence-electron chi connectivity index (χ2n) is 7.72. The van der Waals surface area contributed by atoms with Gasteiger partial charge >= 0.3 is 5.69 Å². The Morgan fingerprint density at radius 2 is 2.10 bits per heavy atom. The van der Waals surface area contributed by atoms with Crippen LogP contribution in [0.4, 0.5) is 0 Å². The average molecular weight is 402 g/mol. The van der Waals surface area contributed by atoms with Crippen LogP contribution in [0.2, 0.25) is 0 Å². The maximum absolute atomic E-state index is 13.0. The molecule has 0 aliphatic carbocycles. The number of ether oxygens (including phenoxy) is 3. The normalized spacial score (nSPS) is 26.1. The lowest BCUT2D eigenvalue weighted by molar-refractivity contribution is 0.0178. The summed E-state index contributed by atoms with van der Waals surface area (Å²) in [5.41, 5.74) is 0.678. The molecule has 0 saturated carbocycles. The van der Waals surface area contributed by atoms with Gasteiger partial charge in [-0.2, -0.15) is 15.2 Å². The van der Waals surface area contributed by atoms with E-state index in [1.165, 1.54) is 4.57 Å². The molecule has 0 aromatic carbocycles. The lowest BCUT2D eigenvalue weighted by Crippen LogP contribution is -2.45. The van der Waals surface area contributed by atoms with Crippen LogP contribution < -0.4 is 10.4 Å². The predicted octanol–water partition coefficient (Wildman–Crippen LogP) is 0.449. The lowest BCUT2D eigenvalue weighted by atomic mass is 10.1. The number of fused-ring (bicyclic) bond motifs is 1. The fourth-order valence-corrected chi connectivity index (χ4v) is 4.52. The van der Waals surface area contributed by atoms with Crippen LogP contribution in [0.3, 0.4) is 0 Å². The van der Waals surface area contributed by atoms with Gasteiger partial charge in [0.25, 0.3) is 0 Å². The molecule has 2 saturated heterocycles. The van der Waals surface area contributed by atoms with E-state index in [0.29, 0.717) is 24.4 Å². The van der Waals surface area contributed by atoms with E-state index in [1.807, 2.05) is 20.0 Å². The largest absolute Gasteiger partial charge is 0.471 e. The summed E-state index contributed by atoms with van der Waals surface area (Å²) in [6.45, 7) is 3.91. The number of nitriles is 1. The molecule has 0 bridgehead atoms. The van der Waals surface area contributed by atoms with Crippen LogP contribution in [0.1, 0.15) is 31.6 Å². The Hall–Kier alpha value is -2.48. The third-order valence-corrected chi connectivity index (χ3v) is 6.00. The highest BCUT2D eigenvalue weighted by Crippen LogP contribution is 2.29. The molecule has 0 radical (unpaired) electrons. The van der Waals surface area contributed by atoms with Crippen molar-refractivity contribution in [2.75, 3.05) is 33.9 Å². The Labute approximate surface area is 168 Å². The summed E-state index contributed by atoms with van der Waals surface area (Å²) in [5, 5.41) is 9.44. The van der Waals surface area contributed by atoms with Crippen molar-refractivity contribution in [2.24, 2.45) is 7.05 Å². The first-order valence-corrected chi connectivity index (χ1v) is 9.82. The number of rotatable bonds is 5. The Morgan fingerprint density at radius 1 is 1.31 bits per heavy atom. The van der Waals surface area contributed by atoms with Gasteiger partial charge in [0, 0.05) is 27.3 Å². The topological polar surface area (TPSA) is 107 Å². The summed E-state index contributed by atoms with van der Waals surface area (Å²) in [6, 6.07) is 1.91. The molecular weight excluding hydrogens is 376 g/mol. The van der Waals surface area contributed by atoms with Crippen LogP contribution in [-0.4, -0.2) is 76.2 Å². The maximum atomic E-state index is 13.0. The van der Waals surface area contributed by atoms with Gasteiger partial charge in [0.05, 0.1) is 24.8 Å². The SMILES string of the molecule is CO[C@H]1CCN(C)[C@@H]1[C@H](C)Oc1nc(C#N)nc2c1n(C)c(=O)n2[C@@H]1CCOC1. The highest BCUT2D eigenvalue weighted by atomic mass is 16.5. The zero-order valence-electron chi connectivity index (χ0n) is 17.2. The van der Waals surface area contributed by atoms with E-state index in [-0.39, 0.29) is 41.7 Å². The first-order valence-electron chi connectivity index (χ1n) is 9.82. The van der Waals surface area contributed by atoms with E-state index in [1.54, 1.807) is 18.7 Å². The molecule has 156 valence electrons. The summed E-state index contributed by atoms with van der Waals surface area (Å²) in [7, 11) is 5.41. The molecule has 0 amide bonds. The summed E-state index contributed by atoms with van der Waals surface area (Å²) < 4.78 is 20.4. The minimum atomic E-state index is -0.259. The molecule has 0 unspecified atom stereocenters. The Morgan fingerprint density at radius 3 is 2.76 bits per heavy atom. The van der Waals surface area contributed by atoms with E-state index >= 15 is 0 Å². The van der Waals surface area contributed by atoms with Crippen LogP contribution in [0, 0.1) is 11.3 Å². The molecular formula is C19H26N6O4. The van der Waals surface area contributed by atoms with Crippen molar-refractivity contribution >= 4 is 11.2 Å². The van der Waals surface area contributed by atoms with Gasteiger partial charge in [-0.25, -0.2) is 4.79 Å². The van der Waals surface area contributed by atoms with E-state index in [0.717, 1.165) is 19.4 Å². The summed E-state index contributed by atoms with van der Waals surface area (Å²) in [5.74, 6) is 0.215. The molecule has 2 fully saturated rings. The van der Waals surface area contributed by atoms with Crippen LogP contribution in [0.15, 0.2) is 4.79 Å². The Kier molecular flexibility index (Phi) is 5.29. The number of hydrogen-bond donors (Lipinski definition) is 0. The quantitative estimate of drug-likeness (QED) is 0.709. The van der Waals surface area contributed by atoms with Crippen molar-refractivity contribution in [1.82, 2.24) is 24.0 Å². The number of aromatic nitrogens is 4. The number of methoxy groups -OCH3 is 1. The standard InChI is InChI=1S/C19H26N6O4/c1-11(15-13(27-4)5-7-23(15)2)29-18-16-17(21-14(9-20)22-18)25(19(26)24(16)3)12-6-8-28-10-12/h11-13,15H,5-8,10H2,1-4H3/t11-,12+,13-,15+/m0/s1. The fraction of sp³-hybridized carbons (Fsp3) is 0.684. The Balaban J connectivity index is 1.79. The van der Waals surface area contributed by atoms with Crippen molar-refractivity contribution in [3.05, 3.63) is 16.3 Å². The van der Waals surface area contributed by atoms with E-state index in [4.69, 9.17) is 14.2 Å². The molecule has 4 atom stereocenters. The molecule has 4 rings (SSSR count). The molecule has 2 aromatic heterocycles. The zero-order valence-corrected chi connectivity index (χ0v) is 17.2. The third-order valence-electron chi connectivity index (χ3n) is 6.00. The van der Waals surface area contributed by atoms with E-state index < -0.39 is 0 Å². The lowest BCUT2D eigenvalue weighted by Gasteiger charge is -2.30.